The van der Waals surface area contributed by atoms with Crippen LogP contribution in [-0.4, -0.2) is 25.0 Å². The maximum absolute atomic E-state index is 12.2. The third-order valence-corrected chi connectivity index (χ3v) is 4.63. The van der Waals surface area contributed by atoms with Crippen LogP contribution in [0.5, 0.6) is 0 Å². The highest BCUT2D eigenvalue weighted by Gasteiger charge is 2.22. The van der Waals surface area contributed by atoms with Crippen molar-refractivity contribution < 1.29 is 4.79 Å². The number of nitrogens with one attached hydrogen (secondary N) is 3. The van der Waals surface area contributed by atoms with Gasteiger partial charge in [0, 0.05) is 16.9 Å². The molecule has 1 atom stereocenters. The molecule has 2 fully saturated rings. The molecule has 3 N–H and O–H groups in total. The summed E-state index contributed by atoms with van der Waals surface area (Å²) in [6.07, 6.45) is 5.20. The molecule has 4 nitrogen and oxygen atoms in total. The normalized spacial score (nSPS) is 19.4. The van der Waals surface area contributed by atoms with Gasteiger partial charge in [0.15, 0.2) is 0 Å². The topological polar surface area (TPSA) is 53.2 Å². The van der Waals surface area contributed by atoms with Crippen LogP contribution in [-0.2, 0) is 4.79 Å². The van der Waals surface area contributed by atoms with Gasteiger partial charge in [-0.2, -0.15) is 0 Å². The van der Waals surface area contributed by atoms with E-state index in [1.807, 2.05) is 18.2 Å². The van der Waals surface area contributed by atoms with Gasteiger partial charge in [0.25, 0.3) is 0 Å². The van der Waals surface area contributed by atoms with Crippen LogP contribution in [0.4, 0.5) is 11.4 Å². The lowest BCUT2D eigenvalue weighted by Gasteiger charge is -2.14. The Morgan fingerprint density at radius 1 is 1.22 bits per heavy atom. The van der Waals surface area contributed by atoms with E-state index in [2.05, 4.69) is 31.9 Å². The largest absolute Gasteiger partial charge is 0.381 e. The summed E-state index contributed by atoms with van der Waals surface area (Å²) in [5, 5.41) is 9.87. The van der Waals surface area contributed by atoms with E-state index in [4.69, 9.17) is 0 Å². The average molecular weight is 425 g/mol. The van der Waals surface area contributed by atoms with Crippen LogP contribution in [0.25, 0.3) is 0 Å². The van der Waals surface area contributed by atoms with Crippen molar-refractivity contribution in [3.63, 3.8) is 0 Å². The zero-order chi connectivity index (χ0) is 14.7. The Hall–Kier alpha value is -0.490. The number of benzene rings is 1. The fourth-order valence-electron chi connectivity index (χ4n) is 2.70. The predicted molar refractivity (Wildman–Crippen MR) is 104 cm³/mol. The van der Waals surface area contributed by atoms with Gasteiger partial charge in [0.1, 0.15) is 0 Å². The molecule has 1 amide bonds. The van der Waals surface area contributed by atoms with Crippen LogP contribution >= 0.6 is 40.7 Å². The lowest BCUT2D eigenvalue weighted by Crippen LogP contribution is -2.16. The molecule has 1 saturated heterocycles. The van der Waals surface area contributed by atoms with E-state index in [1.54, 1.807) is 0 Å². The summed E-state index contributed by atoms with van der Waals surface area (Å²) in [6, 6.07) is 6.58. The van der Waals surface area contributed by atoms with Gasteiger partial charge in [-0.1, -0.05) is 15.9 Å². The Morgan fingerprint density at radius 3 is 2.65 bits per heavy atom. The van der Waals surface area contributed by atoms with E-state index in [1.165, 1.54) is 19.3 Å². The molecule has 7 heteroatoms. The van der Waals surface area contributed by atoms with Crippen molar-refractivity contribution in [2.45, 2.75) is 38.1 Å². The summed E-state index contributed by atoms with van der Waals surface area (Å²) in [5.41, 5.74) is 1.91. The molecule has 1 saturated carbocycles. The fraction of sp³-hybridized carbons (Fsp3) is 0.562. The minimum atomic E-state index is 0. The smallest absolute Gasteiger partial charge is 0.224 e. The molecule has 0 aromatic heterocycles. The van der Waals surface area contributed by atoms with Gasteiger partial charge < -0.3 is 16.0 Å². The summed E-state index contributed by atoms with van der Waals surface area (Å²) in [5.74, 6) is 0.765. The highest BCUT2D eigenvalue weighted by molar-refractivity contribution is 9.10. The van der Waals surface area contributed by atoms with Crippen molar-refractivity contribution in [1.29, 1.82) is 0 Å². The predicted octanol–water partition coefficient (Wildman–Crippen LogP) is 4.20. The second-order valence-electron chi connectivity index (χ2n) is 6.05. The number of hydrogen-bond donors (Lipinski definition) is 3. The van der Waals surface area contributed by atoms with Gasteiger partial charge >= 0.3 is 0 Å². The number of hydrogen-bond acceptors (Lipinski definition) is 3. The maximum atomic E-state index is 12.2. The van der Waals surface area contributed by atoms with E-state index < -0.39 is 0 Å². The van der Waals surface area contributed by atoms with Crippen LogP contribution in [0.2, 0.25) is 0 Å². The molecule has 1 heterocycles. The molecule has 1 aromatic rings. The molecule has 0 bridgehead atoms. The Bertz CT molecular complexity index is 520. The number of carbonyl (C=O) groups excluding carboxylic acids is 1. The standard InChI is InChI=1S/C16H22BrN3O.2ClH/c17-12-2-5-14(19-13-3-4-13)15(9-12)20-16(21)6-1-11-7-8-18-10-11;;/h2,5,9,11,13,18-19H,1,3-4,6-8,10H2,(H,20,21);2*1H. The molecule has 1 aliphatic heterocycles. The van der Waals surface area contributed by atoms with E-state index in [-0.39, 0.29) is 30.7 Å². The van der Waals surface area contributed by atoms with Crippen LogP contribution in [0, 0.1) is 5.92 Å². The SMILES string of the molecule is Cl.Cl.O=C(CCC1CCNC1)Nc1cc(Br)ccc1NC1CC1. The Kier molecular flexibility index (Phi) is 8.69. The zero-order valence-electron chi connectivity index (χ0n) is 12.9. The molecule has 130 valence electrons. The van der Waals surface area contributed by atoms with Gasteiger partial charge in [-0.15, -0.1) is 24.8 Å². The molecular weight excluding hydrogens is 401 g/mol. The van der Waals surface area contributed by atoms with E-state index >= 15 is 0 Å². The van der Waals surface area contributed by atoms with Gasteiger partial charge in [-0.05, 0) is 62.9 Å². The third-order valence-electron chi connectivity index (χ3n) is 4.13. The number of amides is 1. The first-order chi connectivity index (χ1) is 10.2. The quantitative estimate of drug-likeness (QED) is 0.641. The van der Waals surface area contributed by atoms with Gasteiger partial charge in [0.05, 0.1) is 11.4 Å². The molecule has 2 aliphatic rings. The molecule has 3 rings (SSSR count). The summed E-state index contributed by atoms with van der Waals surface area (Å²) in [6.45, 7) is 2.14. The molecule has 1 aliphatic carbocycles. The fourth-order valence-corrected chi connectivity index (χ4v) is 3.06. The van der Waals surface area contributed by atoms with Crippen molar-refractivity contribution in [2.75, 3.05) is 23.7 Å². The van der Waals surface area contributed by atoms with Crippen molar-refractivity contribution >= 4 is 58.0 Å². The lowest BCUT2D eigenvalue weighted by atomic mass is 10.0. The van der Waals surface area contributed by atoms with Gasteiger partial charge in [0.2, 0.25) is 5.91 Å². The number of halogens is 3. The first-order valence-corrected chi connectivity index (χ1v) is 8.56. The Balaban J connectivity index is 0.00000132. The molecule has 0 radical (unpaired) electrons. The van der Waals surface area contributed by atoms with Crippen molar-refractivity contribution in [3.8, 4) is 0 Å². The van der Waals surface area contributed by atoms with E-state index in [0.29, 0.717) is 18.4 Å². The second-order valence-corrected chi connectivity index (χ2v) is 6.97. The monoisotopic (exact) mass is 423 g/mol. The molecule has 1 unspecified atom stereocenters. The van der Waals surface area contributed by atoms with E-state index in [0.717, 1.165) is 35.4 Å². The summed E-state index contributed by atoms with van der Waals surface area (Å²) in [7, 11) is 0. The average Bonchev–Trinajstić information content (AvgIpc) is 3.12. The zero-order valence-corrected chi connectivity index (χ0v) is 16.2. The Labute approximate surface area is 158 Å². The minimum absolute atomic E-state index is 0. The van der Waals surface area contributed by atoms with Crippen molar-refractivity contribution in [1.82, 2.24) is 5.32 Å². The summed E-state index contributed by atoms with van der Waals surface area (Å²) >= 11 is 3.47. The van der Waals surface area contributed by atoms with Crippen molar-refractivity contribution in [3.05, 3.63) is 22.7 Å². The first-order valence-electron chi connectivity index (χ1n) is 7.77. The minimum Gasteiger partial charge on any atom is -0.381 e. The van der Waals surface area contributed by atoms with Gasteiger partial charge in [-0.3, -0.25) is 4.79 Å². The summed E-state index contributed by atoms with van der Waals surface area (Å²) in [4.78, 5) is 12.2. The van der Waals surface area contributed by atoms with Gasteiger partial charge in [-0.25, -0.2) is 0 Å². The molecule has 23 heavy (non-hydrogen) atoms. The van der Waals surface area contributed by atoms with Crippen LogP contribution < -0.4 is 16.0 Å². The molecule has 0 spiro atoms. The number of rotatable bonds is 6. The van der Waals surface area contributed by atoms with Crippen molar-refractivity contribution in [2.24, 2.45) is 5.92 Å². The second kappa shape index (κ2) is 9.72. The summed E-state index contributed by atoms with van der Waals surface area (Å²) < 4.78 is 0.985. The van der Waals surface area contributed by atoms with E-state index in [9.17, 15) is 4.79 Å². The third kappa shape index (κ3) is 6.49. The lowest BCUT2D eigenvalue weighted by molar-refractivity contribution is -0.116. The van der Waals surface area contributed by atoms with Crippen LogP contribution in [0.1, 0.15) is 32.1 Å². The molecular formula is C16H24BrCl2N3O. The number of carbonyl (C=O) groups is 1. The number of anilines is 2. The Morgan fingerprint density at radius 2 is 2.00 bits per heavy atom. The molecule has 1 aromatic carbocycles. The maximum Gasteiger partial charge on any atom is 0.224 e. The van der Waals surface area contributed by atoms with Crippen LogP contribution in [0.15, 0.2) is 22.7 Å². The van der Waals surface area contributed by atoms with Crippen LogP contribution in [0.3, 0.4) is 0 Å². The highest BCUT2D eigenvalue weighted by atomic mass is 79.9. The highest BCUT2D eigenvalue weighted by Crippen LogP contribution is 2.31. The first kappa shape index (κ1) is 20.6.